The summed E-state index contributed by atoms with van der Waals surface area (Å²) in [5, 5.41) is 2.15. The number of fused-ring (bicyclic) bond motifs is 1. The fourth-order valence-electron chi connectivity index (χ4n) is 2.67. The van der Waals surface area contributed by atoms with E-state index in [-0.39, 0.29) is 5.97 Å². The Morgan fingerprint density at radius 3 is 2.58 bits per heavy atom. The van der Waals surface area contributed by atoms with Crippen molar-refractivity contribution in [2.45, 2.75) is 31.3 Å². The first-order valence-corrected chi connectivity index (χ1v) is 10.0. The van der Waals surface area contributed by atoms with Crippen molar-refractivity contribution < 1.29 is 9.53 Å². The first kappa shape index (κ1) is 19.1. The van der Waals surface area contributed by atoms with Crippen molar-refractivity contribution in [3.63, 3.8) is 0 Å². The van der Waals surface area contributed by atoms with Gasteiger partial charge in [-0.25, -0.2) is 9.78 Å². The molecule has 136 valence electrons. The highest BCUT2D eigenvalue weighted by molar-refractivity contribution is 7.98. The second-order valence-electron chi connectivity index (χ2n) is 5.55. The molecule has 26 heavy (non-hydrogen) atoms. The Labute approximate surface area is 166 Å². The van der Waals surface area contributed by atoms with Crippen LogP contribution in [0.5, 0.6) is 0 Å². The standard InChI is InChI=1S/C19H18Cl2N2O2S/c1-3-23-17-9-8-12(18(24)25-4-2)10-16(17)22-19(23)26-11-13-14(20)6-5-7-15(13)21/h5-10H,3-4,11H2,1-2H3. The van der Waals surface area contributed by atoms with E-state index in [0.29, 0.717) is 28.0 Å². The van der Waals surface area contributed by atoms with E-state index in [1.54, 1.807) is 30.8 Å². The van der Waals surface area contributed by atoms with E-state index < -0.39 is 0 Å². The van der Waals surface area contributed by atoms with Gasteiger partial charge in [0.2, 0.25) is 0 Å². The summed E-state index contributed by atoms with van der Waals surface area (Å²) >= 11 is 14.1. The number of ether oxygens (including phenoxy) is 1. The third kappa shape index (κ3) is 3.85. The van der Waals surface area contributed by atoms with Gasteiger partial charge in [0.25, 0.3) is 0 Å². The average Bonchev–Trinajstić information content (AvgIpc) is 2.98. The molecule has 0 N–H and O–H groups in total. The monoisotopic (exact) mass is 408 g/mol. The molecule has 0 saturated heterocycles. The molecule has 0 atom stereocenters. The second kappa shape index (κ2) is 8.33. The summed E-state index contributed by atoms with van der Waals surface area (Å²) in [4.78, 5) is 16.6. The zero-order valence-corrected chi connectivity index (χ0v) is 16.8. The molecule has 0 unspecified atom stereocenters. The maximum Gasteiger partial charge on any atom is 0.338 e. The number of esters is 1. The number of thioether (sulfide) groups is 1. The molecule has 0 aliphatic rings. The summed E-state index contributed by atoms with van der Waals surface area (Å²) in [6, 6.07) is 10.9. The molecule has 0 fully saturated rings. The zero-order chi connectivity index (χ0) is 18.7. The molecule has 0 bridgehead atoms. The minimum Gasteiger partial charge on any atom is -0.462 e. The molecular formula is C19H18Cl2N2O2S. The van der Waals surface area contributed by atoms with Gasteiger partial charge in [0, 0.05) is 22.3 Å². The quantitative estimate of drug-likeness (QED) is 0.379. The summed E-state index contributed by atoms with van der Waals surface area (Å²) in [5.74, 6) is 0.282. The van der Waals surface area contributed by atoms with Crippen molar-refractivity contribution >= 4 is 52.0 Å². The van der Waals surface area contributed by atoms with Crippen LogP contribution < -0.4 is 0 Å². The summed E-state index contributed by atoms with van der Waals surface area (Å²) in [7, 11) is 0. The Hall–Kier alpha value is -1.69. The first-order valence-electron chi connectivity index (χ1n) is 8.28. The lowest BCUT2D eigenvalue weighted by atomic mass is 10.2. The molecule has 3 rings (SSSR count). The van der Waals surface area contributed by atoms with Gasteiger partial charge in [-0.15, -0.1) is 0 Å². The number of halogens is 2. The van der Waals surface area contributed by atoms with Crippen LogP contribution in [0.25, 0.3) is 11.0 Å². The predicted octanol–water partition coefficient (Wildman–Crippen LogP) is 5.83. The van der Waals surface area contributed by atoms with Gasteiger partial charge in [-0.3, -0.25) is 0 Å². The Morgan fingerprint density at radius 2 is 1.92 bits per heavy atom. The van der Waals surface area contributed by atoms with Crippen LogP contribution in [0.1, 0.15) is 29.8 Å². The van der Waals surface area contributed by atoms with Crippen molar-refractivity contribution in [2.75, 3.05) is 6.61 Å². The number of hydrogen-bond donors (Lipinski definition) is 0. The molecule has 4 nitrogen and oxygen atoms in total. The van der Waals surface area contributed by atoms with E-state index >= 15 is 0 Å². The largest absolute Gasteiger partial charge is 0.462 e. The number of nitrogens with zero attached hydrogens (tertiary/aromatic N) is 2. The number of carbonyl (C=O) groups is 1. The number of imidazole rings is 1. The van der Waals surface area contributed by atoms with E-state index in [1.807, 2.05) is 24.3 Å². The van der Waals surface area contributed by atoms with E-state index in [1.165, 1.54) is 0 Å². The number of aryl methyl sites for hydroxylation is 1. The van der Waals surface area contributed by atoms with Crippen molar-refractivity contribution in [3.05, 3.63) is 57.6 Å². The van der Waals surface area contributed by atoms with Crippen LogP contribution in [-0.2, 0) is 17.0 Å². The van der Waals surface area contributed by atoms with Gasteiger partial charge in [-0.1, -0.05) is 41.0 Å². The normalized spacial score (nSPS) is 11.1. The van der Waals surface area contributed by atoms with Crippen LogP contribution in [0.15, 0.2) is 41.6 Å². The zero-order valence-electron chi connectivity index (χ0n) is 14.5. The van der Waals surface area contributed by atoms with E-state index in [0.717, 1.165) is 28.3 Å². The highest BCUT2D eigenvalue weighted by Crippen LogP contribution is 2.33. The van der Waals surface area contributed by atoms with Crippen molar-refractivity contribution in [1.82, 2.24) is 9.55 Å². The fourth-order valence-corrected chi connectivity index (χ4v) is 4.49. The number of hydrogen-bond acceptors (Lipinski definition) is 4. The summed E-state index contributed by atoms with van der Waals surface area (Å²) < 4.78 is 7.17. The van der Waals surface area contributed by atoms with Crippen LogP contribution in [0.2, 0.25) is 10.0 Å². The minimum atomic E-state index is -0.336. The molecule has 3 aromatic rings. The smallest absolute Gasteiger partial charge is 0.338 e. The summed E-state index contributed by atoms with van der Waals surface area (Å²) in [6.45, 7) is 4.97. The van der Waals surface area contributed by atoms with Crippen molar-refractivity contribution in [3.8, 4) is 0 Å². The highest BCUT2D eigenvalue weighted by atomic mass is 35.5. The van der Waals surface area contributed by atoms with Crippen LogP contribution >= 0.6 is 35.0 Å². The SMILES string of the molecule is CCOC(=O)c1ccc2c(c1)nc(SCc1c(Cl)cccc1Cl)n2CC. The lowest BCUT2D eigenvalue weighted by Crippen LogP contribution is -2.04. The molecule has 0 aliphatic carbocycles. The van der Waals surface area contributed by atoms with Gasteiger partial charge in [0.05, 0.1) is 23.2 Å². The number of aromatic nitrogens is 2. The van der Waals surface area contributed by atoms with Gasteiger partial charge in [-0.2, -0.15) is 0 Å². The van der Waals surface area contributed by atoms with Gasteiger partial charge in [0.1, 0.15) is 0 Å². The minimum absolute atomic E-state index is 0.336. The molecular weight excluding hydrogens is 391 g/mol. The maximum atomic E-state index is 11.9. The van der Waals surface area contributed by atoms with Gasteiger partial charge >= 0.3 is 5.97 Å². The molecule has 0 amide bonds. The molecule has 2 aromatic carbocycles. The predicted molar refractivity (Wildman–Crippen MR) is 107 cm³/mol. The Bertz CT molecular complexity index is 936. The van der Waals surface area contributed by atoms with Crippen LogP contribution in [0, 0.1) is 0 Å². The summed E-state index contributed by atoms with van der Waals surface area (Å²) in [6.07, 6.45) is 0. The summed E-state index contributed by atoms with van der Waals surface area (Å²) in [5.41, 5.74) is 3.15. The Kier molecular flexibility index (Phi) is 6.12. The maximum absolute atomic E-state index is 11.9. The van der Waals surface area contributed by atoms with E-state index in [2.05, 4.69) is 11.5 Å². The van der Waals surface area contributed by atoms with Crippen LogP contribution in [0.3, 0.4) is 0 Å². The topological polar surface area (TPSA) is 44.1 Å². The third-order valence-corrected chi connectivity index (χ3v) is 5.66. The number of carbonyl (C=O) groups excluding carboxylic acids is 1. The van der Waals surface area contributed by atoms with Gasteiger partial charge in [0.15, 0.2) is 5.16 Å². The fraction of sp³-hybridized carbons (Fsp3) is 0.263. The molecule has 0 radical (unpaired) electrons. The molecule has 0 aliphatic heterocycles. The van der Waals surface area contributed by atoms with E-state index in [9.17, 15) is 4.79 Å². The van der Waals surface area contributed by atoms with Gasteiger partial charge in [-0.05, 0) is 49.7 Å². The lowest BCUT2D eigenvalue weighted by Gasteiger charge is -2.08. The highest BCUT2D eigenvalue weighted by Gasteiger charge is 2.15. The molecule has 1 heterocycles. The molecule has 7 heteroatoms. The lowest BCUT2D eigenvalue weighted by molar-refractivity contribution is 0.0526. The first-order chi connectivity index (χ1) is 12.5. The van der Waals surface area contributed by atoms with Crippen molar-refractivity contribution in [1.29, 1.82) is 0 Å². The number of benzene rings is 2. The Morgan fingerprint density at radius 1 is 1.19 bits per heavy atom. The average molecular weight is 409 g/mol. The second-order valence-corrected chi connectivity index (χ2v) is 7.31. The molecule has 0 saturated carbocycles. The Balaban J connectivity index is 1.91. The molecule has 1 aromatic heterocycles. The van der Waals surface area contributed by atoms with Crippen LogP contribution in [-0.4, -0.2) is 22.1 Å². The van der Waals surface area contributed by atoms with Crippen LogP contribution in [0.4, 0.5) is 0 Å². The third-order valence-electron chi connectivity index (χ3n) is 3.95. The van der Waals surface area contributed by atoms with Gasteiger partial charge < -0.3 is 9.30 Å². The van der Waals surface area contributed by atoms with E-state index in [4.69, 9.17) is 32.9 Å². The van der Waals surface area contributed by atoms with Crippen molar-refractivity contribution in [2.24, 2.45) is 0 Å². The molecule has 0 spiro atoms. The number of rotatable bonds is 6.